The molecule has 0 bridgehead atoms. The monoisotopic (exact) mass is 287 g/mol. The molecule has 1 heterocycles. The first-order valence-corrected chi connectivity index (χ1v) is 7.33. The SMILES string of the molecule is CCc1cc(C(=O)O)cc2ccc(=O)n(CCC(C)C)c12. The maximum atomic E-state index is 12.2. The van der Waals surface area contributed by atoms with E-state index in [4.69, 9.17) is 0 Å². The Morgan fingerprint density at radius 2 is 2.00 bits per heavy atom. The molecular formula is C17H21NO3. The van der Waals surface area contributed by atoms with Crippen molar-refractivity contribution in [1.82, 2.24) is 4.57 Å². The molecule has 0 saturated carbocycles. The first kappa shape index (κ1) is 15.3. The van der Waals surface area contributed by atoms with Crippen molar-refractivity contribution in [3.8, 4) is 0 Å². The Balaban J connectivity index is 2.70. The van der Waals surface area contributed by atoms with Crippen molar-refractivity contribution in [3.63, 3.8) is 0 Å². The minimum Gasteiger partial charge on any atom is -0.478 e. The fourth-order valence-electron chi connectivity index (χ4n) is 2.54. The van der Waals surface area contributed by atoms with Crippen LogP contribution in [0.2, 0.25) is 0 Å². The number of carboxylic acid groups (broad SMARTS) is 1. The van der Waals surface area contributed by atoms with Crippen LogP contribution in [0.4, 0.5) is 0 Å². The van der Waals surface area contributed by atoms with Crippen LogP contribution < -0.4 is 5.56 Å². The Hall–Kier alpha value is -2.10. The van der Waals surface area contributed by atoms with Crippen LogP contribution in [0, 0.1) is 5.92 Å². The standard InChI is InChI=1S/C17H21NO3/c1-4-12-9-14(17(20)21)10-13-5-6-15(19)18(16(12)13)8-7-11(2)3/h5-6,9-11H,4,7-8H2,1-3H3,(H,20,21). The van der Waals surface area contributed by atoms with Crippen LogP contribution in [0.1, 0.15) is 43.1 Å². The molecule has 0 aliphatic rings. The number of benzene rings is 1. The van der Waals surface area contributed by atoms with Crippen LogP contribution in [-0.4, -0.2) is 15.6 Å². The molecular weight excluding hydrogens is 266 g/mol. The second-order valence-electron chi connectivity index (χ2n) is 5.74. The molecule has 0 atom stereocenters. The van der Waals surface area contributed by atoms with Gasteiger partial charge in [-0.2, -0.15) is 0 Å². The maximum absolute atomic E-state index is 12.2. The summed E-state index contributed by atoms with van der Waals surface area (Å²) in [6.45, 7) is 6.89. The fourth-order valence-corrected chi connectivity index (χ4v) is 2.54. The molecule has 1 aromatic heterocycles. The molecule has 112 valence electrons. The number of carbonyl (C=O) groups is 1. The van der Waals surface area contributed by atoms with E-state index in [1.165, 1.54) is 6.07 Å². The summed E-state index contributed by atoms with van der Waals surface area (Å²) in [4.78, 5) is 23.4. The number of hydrogen-bond donors (Lipinski definition) is 1. The van der Waals surface area contributed by atoms with E-state index in [-0.39, 0.29) is 11.1 Å². The number of nitrogens with zero attached hydrogens (tertiary/aromatic N) is 1. The molecule has 0 saturated heterocycles. The van der Waals surface area contributed by atoms with E-state index in [0.29, 0.717) is 18.9 Å². The maximum Gasteiger partial charge on any atom is 0.335 e. The highest BCUT2D eigenvalue weighted by atomic mass is 16.4. The van der Waals surface area contributed by atoms with Crippen molar-refractivity contribution in [2.24, 2.45) is 5.92 Å². The van der Waals surface area contributed by atoms with Crippen LogP contribution >= 0.6 is 0 Å². The van der Waals surface area contributed by atoms with Gasteiger partial charge in [-0.1, -0.05) is 20.8 Å². The number of aromatic nitrogens is 1. The highest BCUT2D eigenvalue weighted by molar-refractivity contribution is 5.94. The predicted molar refractivity (Wildman–Crippen MR) is 84.0 cm³/mol. The smallest absolute Gasteiger partial charge is 0.335 e. The molecule has 21 heavy (non-hydrogen) atoms. The zero-order valence-electron chi connectivity index (χ0n) is 12.7. The summed E-state index contributed by atoms with van der Waals surface area (Å²) in [6, 6.07) is 6.56. The summed E-state index contributed by atoms with van der Waals surface area (Å²) in [5.41, 5.74) is 2.02. The van der Waals surface area contributed by atoms with Crippen molar-refractivity contribution >= 4 is 16.9 Å². The number of hydrogen-bond acceptors (Lipinski definition) is 2. The highest BCUT2D eigenvalue weighted by Crippen LogP contribution is 2.21. The van der Waals surface area contributed by atoms with E-state index in [1.807, 2.05) is 6.92 Å². The van der Waals surface area contributed by atoms with E-state index >= 15 is 0 Å². The molecule has 2 aromatic rings. The number of pyridine rings is 1. The first-order chi connectivity index (χ1) is 9.93. The minimum absolute atomic E-state index is 0.0269. The number of carboxylic acids is 1. The van der Waals surface area contributed by atoms with Gasteiger partial charge in [0.15, 0.2) is 0 Å². The average molecular weight is 287 g/mol. The molecule has 0 aliphatic carbocycles. The van der Waals surface area contributed by atoms with Gasteiger partial charge in [0.25, 0.3) is 5.56 Å². The van der Waals surface area contributed by atoms with Crippen LogP contribution in [0.3, 0.4) is 0 Å². The van der Waals surface area contributed by atoms with Crippen LogP contribution in [0.25, 0.3) is 10.9 Å². The van der Waals surface area contributed by atoms with Gasteiger partial charge in [-0.05, 0) is 47.9 Å². The van der Waals surface area contributed by atoms with E-state index in [1.54, 1.807) is 22.8 Å². The largest absolute Gasteiger partial charge is 0.478 e. The average Bonchev–Trinajstić information content (AvgIpc) is 2.44. The third-order valence-corrected chi connectivity index (χ3v) is 3.72. The third kappa shape index (κ3) is 3.15. The molecule has 4 heteroatoms. The van der Waals surface area contributed by atoms with Gasteiger partial charge in [-0.15, -0.1) is 0 Å². The third-order valence-electron chi connectivity index (χ3n) is 3.72. The van der Waals surface area contributed by atoms with Crippen molar-refractivity contribution in [2.75, 3.05) is 0 Å². The van der Waals surface area contributed by atoms with Gasteiger partial charge in [-0.3, -0.25) is 4.79 Å². The second kappa shape index (κ2) is 6.12. The first-order valence-electron chi connectivity index (χ1n) is 7.33. The lowest BCUT2D eigenvalue weighted by Crippen LogP contribution is -2.21. The lowest BCUT2D eigenvalue weighted by atomic mass is 10.0. The molecule has 0 fully saturated rings. The number of aromatic carboxylic acids is 1. The topological polar surface area (TPSA) is 59.3 Å². The Kier molecular flexibility index (Phi) is 4.46. The Morgan fingerprint density at radius 1 is 1.29 bits per heavy atom. The summed E-state index contributed by atoms with van der Waals surface area (Å²) < 4.78 is 1.78. The quantitative estimate of drug-likeness (QED) is 0.917. The van der Waals surface area contributed by atoms with Crippen LogP contribution in [0.15, 0.2) is 29.1 Å². The molecule has 0 amide bonds. The Bertz CT molecular complexity index is 729. The van der Waals surface area contributed by atoms with Gasteiger partial charge in [0.2, 0.25) is 0 Å². The van der Waals surface area contributed by atoms with E-state index in [2.05, 4.69) is 13.8 Å². The second-order valence-corrected chi connectivity index (χ2v) is 5.74. The van der Waals surface area contributed by atoms with Gasteiger partial charge in [0, 0.05) is 12.6 Å². The van der Waals surface area contributed by atoms with E-state index in [9.17, 15) is 14.7 Å². The molecule has 4 nitrogen and oxygen atoms in total. The number of aryl methyl sites for hydroxylation is 2. The van der Waals surface area contributed by atoms with Crippen LogP contribution in [-0.2, 0) is 13.0 Å². The van der Waals surface area contributed by atoms with Gasteiger partial charge in [0.1, 0.15) is 0 Å². The number of rotatable bonds is 5. The lowest BCUT2D eigenvalue weighted by molar-refractivity contribution is 0.0697. The van der Waals surface area contributed by atoms with Crippen molar-refractivity contribution < 1.29 is 9.90 Å². The van der Waals surface area contributed by atoms with Crippen molar-refractivity contribution in [1.29, 1.82) is 0 Å². The van der Waals surface area contributed by atoms with E-state index < -0.39 is 5.97 Å². The van der Waals surface area contributed by atoms with Crippen molar-refractivity contribution in [3.05, 3.63) is 45.7 Å². The molecule has 0 spiro atoms. The molecule has 0 radical (unpaired) electrons. The Labute approximate surface area is 124 Å². The summed E-state index contributed by atoms with van der Waals surface area (Å²) >= 11 is 0. The highest BCUT2D eigenvalue weighted by Gasteiger charge is 2.12. The summed E-state index contributed by atoms with van der Waals surface area (Å²) in [7, 11) is 0. The lowest BCUT2D eigenvalue weighted by Gasteiger charge is -2.15. The van der Waals surface area contributed by atoms with Gasteiger partial charge in [-0.25, -0.2) is 4.79 Å². The minimum atomic E-state index is -0.938. The van der Waals surface area contributed by atoms with Gasteiger partial charge >= 0.3 is 5.97 Å². The predicted octanol–water partition coefficient (Wildman–Crippen LogP) is 3.31. The summed E-state index contributed by atoms with van der Waals surface area (Å²) in [5.74, 6) is -0.429. The Morgan fingerprint density at radius 3 is 2.57 bits per heavy atom. The summed E-state index contributed by atoms with van der Waals surface area (Å²) in [6.07, 6.45) is 1.62. The van der Waals surface area contributed by atoms with Gasteiger partial charge < -0.3 is 9.67 Å². The van der Waals surface area contributed by atoms with Gasteiger partial charge in [0.05, 0.1) is 11.1 Å². The molecule has 1 N–H and O–H groups in total. The van der Waals surface area contributed by atoms with Crippen LogP contribution in [0.5, 0.6) is 0 Å². The molecule has 1 aromatic carbocycles. The molecule has 2 rings (SSSR count). The molecule has 0 aliphatic heterocycles. The van der Waals surface area contributed by atoms with E-state index in [0.717, 1.165) is 22.9 Å². The number of fused-ring (bicyclic) bond motifs is 1. The zero-order valence-corrected chi connectivity index (χ0v) is 12.7. The normalized spacial score (nSPS) is 11.2. The summed E-state index contributed by atoms with van der Waals surface area (Å²) in [5, 5.41) is 10.0. The fraction of sp³-hybridized carbons (Fsp3) is 0.412. The molecule has 0 unspecified atom stereocenters. The zero-order chi connectivity index (χ0) is 15.6. The van der Waals surface area contributed by atoms with Crippen molar-refractivity contribution in [2.45, 2.75) is 40.2 Å².